The number of nitriles is 1. The van der Waals surface area contributed by atoms with Gasteiger partial charge in [-0.1, -0.05) is 41.9 Å². The third kappa shape index (κ3) is 3.29. The molecule has 21 heavy (non-hydrogen) atoms. The van der Waals surface area contributed by atoms with Gasteiger partial charge in [0.05, 0.1) is 6.07 Å². The van der Waals surface area contributed by atoms with Gasteiger partial charge in [-0.15, -0.1) is 0 Å². The summed E-state index contributed by atoms with van der Waals surface area (Å²) >= 11 is 0. The molecule has 1 N–H and O–H groups in total. The molecule has 1 amide bonds. The van der Waals surface area contributed by atoms with E-state index in [0.717, 1.165) is 11.1 Å². The molecule has 5 nitrogen and oxygen atoms in total. The summed E-state index contributed by atoms with van der Waals surface area (Å²) in [4.78, 5) is 12.1. The number of carbonyl (C=O) groups is 1. The molecule has 1 aromatic heterocycles. The number of nitrogens with one attached hydrogen (secondary N) is 1. The first kappa shape index (κ1) is 14.8. The van der Waals surface area contributed by atoms with Gasteiger partial charge >= 0.3 is 0 Å². The van der Waals surface area contributed by atoms with E-state index in [1.807, 2.05) is 38.1 Å². The second-order valence-electron chi connectivity index (χ2n) is 5.19. The van der Waals surface area contributed by atoms with Crippen molar-refractivity contribution in [2.24, 2.45) is 0 Å². The van der Waals surface area contributed by atoms with Gasteiger partial charge in [0.2, 0.25) is 0 Å². The molecule has 0 spiro atoms. The first-order valence-corrected chi connectivity index (χ1v) is 6.75. The molecular weight excluding hydrogens is 266 g/mol. The minimum absolute atomic E-state index is 0.167. The van der Waals surface area contributed by atoms with E-state index in [0.29, 0.717) is 12.2 Å². The molecular formula is C16H17N3O2. The van der Waals surface area contributed by atoms with Gasteiger partial charge in [0, 0.05) is 11.6 Å². The fourth-order valence-electron chi connectivity index (χ4n) is 1.75. The van der Waals surface area contributed by atoms with Crippen LogP contribution in [0.25, 0.3) is 11.3 Å². The maximum atomic E-state index is 12.1. The summed E-state index contributed by atoms with van der Waals surface area (Å²) in [5.74, 6) is 0.110. The fraction of sp³-hybridized carbons (Fsp3) is 0.312. The first-order chi connectivity index (χ1) is 9.97. The van der Waals surface area contributed by atoms with Crippen LogP contribution in [-0.2, 0) is 0 Å². The Morgan fingerprint density at radius 3 is 2.67 bits per heavy atom. The second-order valence-corrected chi connectivity index (χ2v) is 5.19. The summed E-state index contributed by atoms with van der Waals surface area (Å²) in [5.41, 5.74) is 1.26. The maximum Gasteiger partial charge on any atom is 0.274 e. The lowest BCUT2D eigenvalue weighted by Crippen LogP contribution is -2.44. The predicted molar refractivity (Wildman–Crippen MR) is 78.5 cm³/mol. The van der Waals surface area contributed by atoms with E-state index in [-0.39, 0.29) is 5.69 Å². The summed E-state index contributed by atoms with van der Waals surface area (Å²) in [7, 11) is 0. The van der Waals surface area contributed by atoms with Crippen molar-refractivity contribution in [3.63, 3.8) is 0 Å². The minimum Gasteiger partial charge on any atom is -0.355 e. The quantitative estimate of drug-likeness (QED) is 0.935. The third-order valence-electron chi connectivity index (χ3n) is 3.42. The van der Waals surface area contributed by atoms with Crippen LogP contribution in [0.5, 0.6) is 0 Å². The van der Waals surface area contributed by atoms with Gasteiger partial charge in [0.25, 0.3) is 5.91 Å². The number of nitrogens with zero attached hydrogens (tertiary/aromatic N) is 2. The van der Waals surface area contributed by atoms with Crippen LogP contribution in [0.4, 0.5) is 0 Å². The van der Waals surface area contributed by atoms with Crippen LogP contribution in [-0.4, -0.2) is 16.6 Å². The second kappa shape index (κ2) is 5.80. The van der Waals surface area contributed by atoms with E-state index in [4.69, 9.17) is 9.78 Å². The van der Waals surface area contributed by atoms with Crippen LogP contribution in [0, 0.1) is 18.3 Å². The molecule has 2 rings (SSSR count). The fourth-order valence-corrected chi connectivity index (χ4v) is 1.75. The Hall–Kier alpha value is -2.61. The average Bonchev–Trinajstić information content (AvgIpc) is 2.98. The van der Waals surface area contributed by atoms with Crippen LogP contribution < -0.4 is 5.32 Å². The topological polar surface area (TPSA) is 78.9 Å². The molecule has 0 saturated heterocycles. The lowest BCUT2D eigenvalue weighted by Gasteiger charge is -2.20. The van der Waals surface area contributed by atoms with Crippen molar-refractivity contribution in [1.82, 2.24) is 10.5 Å². The van der Waals surface area contributed by atoms with E-state index in [2.05, 4.69) is 16.5 Å². The molecule has 0 bridgehead atoms. The van der Waals surface area contributed by atoms with Crippen LogP contribution in [0.1, 0.15) is 36.3 Å². The summed E-state index contributed by atoms with van der Waals surface area (Å²) in [6.45, 7) is 5.51. The number of amides is 1. The van der Waals surface area contributed by atoms with Crippen molar-refractivity contribution in [1.29, 1.82) is 5.26 Å². The molecule has 1 atom stereocenters. The van der Waals surface area contributed by atoms with E-state index in [9.17, 15) is 4.79 Å². The Bertz CT molecular complexity index is 682. The number of carbonyl (C=O) groups excluding carboxylic acids is 1. The van der Waals surface area contributed by atoms with Crippen LogP contribution >= 0.6 is 0 Å². The zero-order valence-electron chi connectivity index (χ0n) is 12.3. The molecule has 0 aliphatic rings. The Balaban J connectivity index is 2.18. The highest BCUT2D eigenvalue weighted by molar-refractivity contribution is 5.93. The van der Waals surface area contributed by atoms with Gasteiger partial charge in [0.15, 0.2) is 11.5 Å². The van der Waals surface area contributed by atoms with Gasteiger partial charge in [-0.25, -0.2) is 0 Å². The van der Waals surface area contributed by atoms with E-state index in [1.165, 1.54) is 0 Å². The van der Waals surface area contributed by atoms with Gasteiger partial charge in [0.1, 0.15) is 5.54 Å². The molecule has 5 heteroatoms. The molecule has 1 heterocycles. The molecule has 0 aliphatic carbocycles. The van der Waals surface area contributed by atoms with Gasteiger partial charge < -0.3 is 9.84 Å². The highest BCUT2D eigenvalue weighted by Gasteiger charge is 2.26. The average molecular weight is 283 g/mol. The highest BCUT2D eigenvalue weighted by atomic mass is 16.5. The number of rotatable bonds is 4. The van der Waals surface area contributed by atoms with Gasteiger partial charge in [-0.3, -0.25) is 4.79 Å². The Kier molecular flexibility index (Phi) is 4.08. The van der Waals surface area contributed by atoms with E-state index < -0.39 is 11.4 Å². The van der Waals surface area contributed by atoms with E-state index >= 15 is 0 Å². The van der Waals surface area contributed by atoms with Crippen LogP contribution in [0.3, 0.4) is 0 Å². The molecule has 2 aromatic rings. The Morgan fingerprint density at radius 1 is 1.43 bits per heavy atom. The van der Waals surface area contributed by atoms with E-state index in [1.54, 1.807) is 13.0 Å². The summed E-state index contributed by atoms with van der Waals surface area (Å²) in [5, 5.41) is 15.5. The molecule has 0 saturated carbocycles. The number of aromatic nitrogens is 1. The monoisotopic (exact) mass is 283 g/mol. The summed E-state index contributed by atoms with van der Waals surface area (Å²) < 4.78 is 5.20. The predicted octanol–water partition coefficient (Wildman–Crippen LogP) is 3.07. The standard InChI is InChI=1S/C16H17N3O2/c1-4-16(3,10-17)18-15(20)13-9-14(21-19-13)12-7-5-11(2)6-8-12/h5-9H,4H2,1-3H3,(H,18,20)/t16-/m1/s1. The van der Waals surface area contributed by atoms with Crippen molar-refractivity contribution in [2.45, 2.75) is 32.7 Å². The van der Waals surface area contributed by atoms with Gasteiger partial charge in [-0.2, -0.15) is 5.26 Å². The summed E-state index contributed by atoms with van der Waals surface area (Å²) in [6, 6.07) is 11.4. The lowest BCUT2D eigenvalue weighted by atomic mass is 10.0. The zero-order valence-corrected chi connectivity index (χ0v) is 12.3. The molecule has 1 aromatic carbocycles. The maximum absolute atomic E-state index is 12.1. The highest BCUT2D eigenvalue weighted by Crippen LogP contribution is 2.21. The largest absolute Gasteiger partial charge is 0.355 e. The number of hydrogen-bond donors (Lipinski definition) is 1. The molecule has 0 unspecified atom stereocenters. The zero-order chi connectivity index (χ0) is 15.5. The Morgan fingerprint density at radius 2 is 2.10 bits per heavy atom. The van der Waals surface area contributed by atoms with Crippen molar-refractivity contribution in [3.05, 3.63) is 41.6 Å². The van der Waals surface area contributed by atoms with Crippen molar-refractivity contribution in [3.8, 4) is 17.4 Å². The molecule has 0 aliphatic heterocycles. The SMILES string of the molecule is CC[C@](C)(C#N)NC(=O)c1cc(-c2ccc(C)cc2)on1. The summed E-state index contributed by atoms with van der Waals surface area (Å²) in [6.07, 6.45) is 0.512. The van der Waals surface area contributed by atoms with Crippen molar-refractivity contribution >= 4 is 5.91 Å². The molecule has 0 radical (unpaired) electrons. The van der Waals surface area contributed by atoms with Crippen LogP contribution in [0.15, 0.2) is 34.9 Å². The first-order valence-electron chi connectivity index (χ1n) is 6.75. The normalized spacial score (nSPS) is 13.2. The van der Waals surface area contributed by atoms with Crippen LogP contribution in [0.2, 0.25) is 0 Å². The number of hydrogen-bond acceptors (Lipinski definition) is 4. The number of aryl methyl sites for hydroxylation is 1. The third-order valence-corrected chi connectivity index (χ3v) is 3.42. The minimum atomic E-state index is -0.903. The molecule has 108 valence electrons. The van der Waals surface area contributed by atoms with Gasteiger partial charge in [-0.05, 0) is 20.3 Å². The van der Waals surface area contributed by atoms with Crippen molar-refractivity contribution in [2.75, 3.05) is 0 Å². The molecule has 0 fully saturated rings. The smallest absolute Gasteiger partial charge is 0.274 e. The lowest BCUT2D eigenvalue weighted by molar-refractivity contribution is 0.0914. The van der Waals surface area contributed by atoms with Crippen molar-refractivity contribution < 1.29 is 9.32 Å². The number of benzene rings is 1. The Labute approximate surface area is 123 Å².